The van der Waals surface area contributed by atoms with Gasteiger partial charge in [0.25, 0.3) is 0 Å². The van der Waals surface area contributed by atoms with Crippen molar-refractivity contribution in [2.45, 2.75) is 45.4 Å². The quantitative estimate of drug-likeness (QED) is 0.673. The largest absolute Gasteiger partial charge is 0.345 e. The van der Waals surface area contributed by atoms with Crippen molar-refractivity contribution in [3.05, 3.63) is 0 Å². The van der Waals surface area contributed by atoms with Gasteiger partial charge in [-0.25, -0.2) is 0 Å². The summed E-state index contributed by atoms with van der Waals surface area (Å²) in [7, 11) is 1.85. The first-order valence-corrected chi connectivity index (χ1v) is 6.31. The molecule has 1 rings (SSSR count). The van der Waals surface area contributed by atoms with Crippen LogP contribution < -0.4 is 0 Å². The fraction of sp³-hybridized carbons (Fsp3) is 0.846. The lowest BCUT2D eigenvalue weighted by Gasteiger charge is -2.29. The molecule has 0 saturated heterocycles. The molecule has 3 nitrogen and oxygen atoms in total. The third-order valence-electron chi connectivity index (χ3n) is 3.57. The van der Waals surface area contributed by atoms with Crippen molar-refractivity contribution in [1.29, 1.82) is 0 Å². The number of carbonyl (C=O) groups excluding carboxylic acids is 2. The SMILES string of the molecule is CC1CCC(CN(C)C(=O)CCC=O)CC1. The molecule has 0 heterocycles. The molecule has 1 aliphatic rings. The van der Waals surface area contributed by atoms with Crippen LogP contribution in [0.1, 0.15) is 45.4 Å². The van der Waals surface area contributed by atoms with Crippen LogP contribution in [-0.2, 0) is 9.59 Å². The summed E-state index contributed by atoms with van der Waals surface area (Å²) in [4.78, 5) is 23.6. The average molecular weight is 225 g/mol. The molecule has 0 aromatic heterocycles. The predicted molar refractivity (Wildman–Crippen MR) is 64.1 cm³/mol. The first-order valence-electron chi connectivity index (χ1n) is 6.31. The van der Waals surface area contributed by atoms with Crippen molar-refractivity contribution < 1.29 is 9.59 Å². The lowest BCUT2D eigenvalue weighted by molar-refractivity contribution is -0.131. The molecule has 0 spiro atoms. The van der Waals surface area contributed by atoms with E-state index in [1.807, 2.05) is 7.05 Å². The first kappa shape index (κ1) is 13.2. The number of carbonyl (C=O) groups is 2. The topological polar surface area (TPSA) is 37.4 Å². The fourth-order valence-corrected chi connectivity index (χ4v) is 2.37. The Morgan fingerprint density at radius 1 is 1.31 bits per heavy atom. The van der Waals surface area contributed by atoms with Gasteiger partial charge in [0.15, 0.2) is 0 Å². The molecule has 0 bridgehead atoms. The minimum absolute atomic E-state index is 0.103. The highest BCUT2D eigenvalue weighted by Gasteiger charge is 2.20. The van der Waals surface area contributed by atoms with E-state index in [-0.39, 0.29) is 5.91 Å². The Labute approximate surface area is 98.2 Å². The van der Waals surface area contributed by atoms with Crippen LogP contribution in [0.2, 0.25) is 0 Å². The standard InChI is InChI=1S/C13H23NO2/c1-11-5-7-12(8-6-11)10-14(2)13(16)4-3-9-15/h9,11-12H,3-8,10H2,1-2H3. The van der Waals surface area contributed by atoms with E-state index < -0.39 is 0 Å². The average Bonchev–Trinajstić information content (AvgIpc) is 2.29. The summed E-state index contributed by atoms with van der Waals surface area (Å²) in [5, 5.41) is 0. The summed E-state index contributed by atoms with van der Waals surface area (Å²) in [5.74, 6) is 1.62. The van der Waals surface area contributed by atoms with Gasteiger partial charge in [-0.2, -0.15) is 0 Å². The Morgan fingerprint density at radius 2 is 1.94 bits per heavy atom. The molecule has 92 valence electrons. The van der Waals surface area contributed by atoms with Crippen LogP contribution in [0.15, 0.2) is 0 Å². The summed E-state index contributed by atoms with van der Waals surface area (Å²) in [6.07, 6.45) is 6.60. The van der Waals surface area contributed by atoms with Crippen molar-refractivity contribution in [3.63, 3.8) is 0 Å². The Kier molecular flexibility index (Phi) is 5.50. The van der Waals surface area contributed by atoms with Crippen molar-refractivity contribution in [2.24, 2.45) is 11.8 Å². The molecular formula is C13H23NO2. The number of hydrogen-bond donors (Lipinski definition) is 0. The van der Waals surface area contributed by atoms with Gasteiger partial charge in [-0.15, -0.1) is 0 Å². The van der Waals surface area contributed by atoms with Crippen LogP contribution in [-0.4, -0.2) is 30.7 Å². The lowest BCUT2D eigenvalue weighted by Crippen LogP contribution is -2.33. The molecule has 0 atom stereocenters. The van der Waals surface area contributed by atoms with E-state index in [1.54, 1.807) is 4.90 Å². The summed E-state index contributed by atoms with van der Waals surface area (Å²) in [5.41, 5.74) is 0. The molecule has 16 heavy (non-hydrogen) atoms. The van der Waals surface area contributed by atoms with Crippen molar-refractivity contribution in [1.82, 2.24) is 4.90 Å². The minimum Gasteiger partial charge on any atom is -0.345 e. The third-order valence-corrected chi connectivity index (χ3v) is 3.57. The number of nitrogens with zero attached hydrogens (tertiary/aromatic N) is 1. The summed E-state index contributed by atoms with van der Waals surface area (Å²) in [6.45, 7) is 3.17. The van der Waals surface area contributed by atoms with Gasteiger partial charge in [0.1, 0.15) is 6.29 Å². The molecule has 0 N–H and O–H groups in total. The highest BCUT2D eigenvalue weighted by molar-refractivity contribution is 5.78. The molecule has 1 aliphatic carbocycles. The van der Waals surface area contributed by atoms with Gasteiger partial charge in [-0.05, 0) is 24.7 Å². The van der Waals surface area contributed by atoms with Crippen LogP contribution in [0, 0.1) is 11.8 Å². The van der Waals surface area contributed by atoms with Gasteiger partial charge in [0.05, 0.1) is 0 Å². The van der Waals surface area contributed by atoms with E-state index in [9.17, 15) is 9.59 Å². The molecule has 1 amide bonds. The minimum atomic E-state index is 0.103. The fourth-order valence-electron chi connectivity index (χ4n) is 2.37. The maximum Gasteiger partial charge on any atom is 0.222 e. The van der Waals surface area contributed by atoms with Gasteiger partial charge in [0.2, 0.25) is 5.91 Å². The second-order valence-electron chi connectivity index (χ2n) is 5.11. The van der Waals surface area contributed by atoms with Crippen molar-refractivity contribution in [3.8, 4) is 0 Å². The van der Waals surface area contributed by atoms with E-state index in [0.717, 1.165) is 18.7 Å². The van der Waals surface area contributed by atoms with Gasteiger partial charge < -0.3 is 9.69 Å². The number of aldehydes is 1. The van der Waals surface area contributed by atoms with Gasteiger partial charge in [0, 0.05) is 26.4 Å². The van der Waals surface area contributed by atoms with Crippen LogP contribution in [0.3, 0.4) is 0 Å². The van der Waals surface area contributed by atoms with Gasteiger partial charge in [-0.3, -0.25) is 4.79 Å². The lowest BCUT2D eigenvalue weighted by atomic mass is 9.83. The van der Waals surface area contributed by atoms with E-state index in [4.69, 9.17) is 0 Å². The van der Waals surface area contributed by atoms with Crippen LogP contribution in [0.4, 0.5) is 0 Å². The Morgan fingerprint density at radius 3 is 2.50 bits per heavy atom. The second-order valence-corrected chi connectivity index (χ2v) is 5.11. The highest BCUT2D eigenvalue weighted by atomic mass is 16.2. The molecule has 0 radical (unpaired) electrons. The molecule has 1 saturated carbocycles. The Balaban J connectivity index is 2.25. The molecular weight excluding hydrogens is 202 g/mol. The zero-order chi connectivity index (χ0) is 12.0. The number of amides is 1. The molecule has 0 aromatic carbocycles. The molecule has 3 heteroatoms. The van der Waals surface area contributed by atoms with E-state index >= 15 is 0 Å². The van der Waals surface area contributed by atoms with Crippen LogP contribution in [0.5, 0.6) is 0 Å². The molecule has 0 aliphatic heterocycles. The predicted octanol–water partition coefficient (Wildman–Crippen LogP) is 2.25. The number of hydrogen-bond acceptors (Lipinski definition) is 2. The Bertz CT molecular complexity index is 232. The van der Waals surface area contributed by atoms with Gasteiger partial charge in [-0.1, -0.05) is 19.8 Å². The van der Waals surface area contributed by atoms with Crippen LogP contribution in [0.25, 0.3) is 0 Å². The smallest absolute Gasteiger partial charge is 0.222 e. The normalized spacial score (nSPS) is 25.1. The monoisotopic (exact) mass is 225 g/mol. The maximum absolute atomic E-state index is 11.6. The molecule has 0 aromatic rings. The van der Waals surface area contributed by atoms with E-state index in [1.165, 1.54) is 25.7 Å². The van der Waals surface area contributed by atoms with Gasteiger partial charge >= 0.3 is 0 Å². The summed E-state index contributed by atoms with van der Waals surface area (Å²) in [6, 6.07) is 0. The van der Waals surface area contributed by atoms with E-state index in [2.05, 4.69) is 6.92 Å². The summed E-state index contributed by atoms with van der Waals surface area (Å²) < 4.78 is 0. The van der Waals surface area contributed by atoms with E-state index in [0.29, 0.717) is 18.8 Å². The second kappa shape index (κ2) is 6.66. The van der Waals surface area contributed by atoms with Crippen LogP contribution >= 0.6 is 0 Å². The third kappa shape index (κ3) is 4.33. The highest BCUT2D eigenvalue weighted by Crippen LogP contribution is 2.28. The van der Waals surface area contributed by atoms with Crippen molar-refractivity contribution >= 4 is 12.2 Å². The zero-order valence-corrected chi connectivity index (χ0v) is 10.4. The van der Waals surface area contributed by atoms with Crippen molar-refractivity contribution in [2.75, 3.05) is 13.6 Å². The Hall–Kier alpha value is -0.860. The summed E-state index contributed by atoms with van der Waals surface area (Å²) >= 11 is 0. The molecule has 0 unspecified atom stereocenters. The number of rotatable bonds is 5. The maximum atomic E-state index is 11.6. The molecule has 1 fully saturated rings. The zero-order valence-electron chi connectivity index (χ0n) is 10.4. The first-order chi connectivity index (χ1) is 7.63.